The largest absolute Gasteiger partial charge is 0.426 e. The van der Waals surface area contributed by atoms with Crippen LogP contribution in [0.15, 0.2) is 24.3 Å². The number of ketones is 1. The average Bonchev–Trinajstić information content (AvgIpc) is 2.85. The predicted octanol–water partition coefficient (Wildman–Crippen LogP) is 2.36. The lowest BCUT2D eigenvalue weighted by atomic mass is 9.81. The molecule has 2 atom stereocenters. The van der Waals surface area contributed by atoms with Gasteiger partial charge in [-0.25, -0.2) is 0 Å². The van der Waals surface area contributed by atoms with Crippen molar-refractivity contribution in [3.8, 4) is 5.75 Å². The number of Topliss-reactive ketones (excluding diaryl/α,β-unsaturated/α-hetero) is 1. The van der Waals surface area contributed by atoms with E-state index in [1.165, 1.54) is 11.8 Å². The second-order valence-electron chi connectivity index (χ2n) is 6.63. The maximum Gasteiger partial charge on any atom is 0.312 e. The first-order valence-electron chi connectivity index (χ1n) is 8.64. The Kier molecular flexibility index (Phi) is 4.97. The molecular weight excluding hydrogens is 322 g/mol. The summed E-state index contributed by atoms with van der Waals surface area (Å²) in [7, 11) is 0. The maximum absolute atomic E-state index is 12.3. The molecule has 0 N–H and O–H groups in total. The molecule has 6 nitrogen and oxygen atoms in total. The zero-order valence-corrected chi connectivity index (χ0v) is 14.2. The van der Waals surface area contributed by atoms with Crippen LogP contribution in [0.25, 0.3) is 0 Å². The van der Waals surface area contributed by atoms with E-state index in [9.17, 15) is 19.2 Å². The van der Waals surface area contributed by atoms with Crippen molar-refractivity contribution in [3.05, 3.63) is 29.8 Å². The number of nitrogens with zero attached hydrogens (tertiary/aromatic N) is 1. The Morgan fingerprint density at radius 3 is 2.12 bits per heavy atom. The van der Waals surface area contributed by atoms with Gasteiger partial charge in [0, 0.05) is 12.1 Å². The average molecular weight is 343 g/mol. The lowest BCUT2D eigenvalue weighted by Crippen LogP contribution is -2.33. The van der Waals surface area contributed by atoms with Gasteiger partial charge >= 0.3 is 5.97 Å². The third kappa shape index (κ3) is 3.62. The van der Waals surface area contributed by atoms with Gasteiger partial charge in [-0.2, -0.15) is 0 Å². The molecule has 25 heavy (non-hydrogen) atoms. The minimum Gasteiger partial charge on any atom is -0.426 e. The first-order valence-corrected chi connectivity index (χ1v) is 8.64. The Hall–Kier alpha value is -2.50. The van der Waals surface area contributed by atoms with E-state index in [0.717, 1.165) is 25.7 Å². The molecule has 132 valence electrons. The lowest BCUT2D eigenvalue weighted by Gasteiger charge is -2.19. The van der Waals surface area contributed by atoms with Gasteiger partial charge in [0.1, 0.15) is 5.75 Å². The van der Waals surface area contributed by atoms with E-state index in [4.69, 9.17) is 4.74 Å². The van der Waals surface area contributed by atoms with Crippen LogP contribution in [0.1, 0.15) is 49.4 Å². The third-order valence-corrected chi connectivity index (χ3v) is 4.96. The molecule has 1 aliphatic carbocycles. The Balaban J connectivity index is 1.54. The molecule has 0 unspecified atom stereocenters. The number of ether oxygens (including phenoxy) is 1. The Labute approximate surface area is 146 Å². The fourth-order valence-corrected chi connectivity index (χ4v) is 3.59. The van der Waals surface area contributed by atoms with Gasteiger partial charge in [0.25, 0.3) is 0 Å². The third-order valence-electron chi connectivity index (χ3n) is 4.96. The zero-order valence-electron chi connectivity index (χ0n) is 14.2. The molecule has 1 aromatic rings. The van der Waals surface area contributed by atoms with Gasteiger partial charge in [0.2, 0.25) is 11.8 Å². The molecule has 1 aliphatic heterocycles. The van der Waals surface area contributed by atoms with Crippen LogP contribution in [0.5, 0.6) is 5.75 Å². The number of fused-ring (bicyclic) bond motifs is 1. The van der Waals surface area contributed by atoms with E-state index >= 15 is 0 Å². The summed E-state index contributed by atoms with van der Waals surface area (Å²) < 4.78 is 5.20. The van der Waals surface area contributed by atoms with Crippen molar-refractivity contribution in [2.24, 2.45) is 11.8 Å². The number of esters is 1. The first kappa shape index (κ1) is 17.3. The molecule has 0 spiro atoms. The highest BCUT2D eigenvalue weighted by Crippen LogP contribution is 2.37. The minimum absolute atomic E-state index is 0.0363. The van der Waals surface area contributed by atoms with Crippen LogP contribution in [0, 0.1) is 11.8 Å². The monoisotopic (exact) mass is 343 g/mol. The summed E-state index contributed by atoms with van der Waals surface area (Å²) in [6.45, 7) is 1.53. The molecule has 2 aliphatic rings. The van der Waals surface area contributed by atoms with Crippen molar-refractivity contribution in [2.45, 2.75) is 39.0 Å². The van der Waals surface area contributed by atoms with Crippen LogP contribution in [0.3, 0.4) is 0 Å². The van der Waals surface area contributed by atoms with Gasteiger partial charge in [-0.15, -0.1) is 0 Å². The van der Waals surface area contributed by atoms with E-state index in [1.54, 1.807) is 24.3 Å². The topological polar surface area (TPSA) is 80.8 Å². The predicted molar refractivity (Wildman–Crippen MR) is 88.9 cm³/mol. The number of carbonyl (C=O) groups is 4. The van der Waals surface area contributed by atoms with E-state index in [2.05, 4.69) is 0 Å². The van der Waals surface area contributed by atoms with E-state index in [-0.39, 0.29) is 42.4 Å². The fraction of sp³-hybridized carbons (Fsp3) is 0.474. The van der Waals surface area contributed by atoms with Gasteiger partial charge in [-0.05, 0) is 44.0 Å². The second-order valence-corrected chi connectivity index (χ2v) is 6.63. The van der Waals surface area contributed by atoms with Crippen molar-refractivity contribution >= 4 is 23.6 Å². The number of hydrogen-bond acceptors (Lipinski definition) is 5. The molecule has 1 saturated carbocycles. The molecule has 3 rings (SSSR count). The number of rotatable bonds is 5. The highest BCUT2D eigenvalue weighted by atomic mass is 16.5. The fourth-order valence-electron chi connectivity index (χ4n) is 3.59. The molecule has 0 bridgehead atoms. The van der Waals surface area contributed by atoms with Gasteiger partial charge in [0.05, 0.1) is 18.3 Å². The molecule has 2 amide bonds. The van der Waals surface area contributed by atoms with E-state index in [0.29, 0.717) is 11.3 Å². The number of amides is 2. The number of imide groups is 1. The Bertz CT molecular complexity index is 685. The summed E-state index contributed by atoms with van der Waals surface area (Å²) in [6, 6.07) is 6.27. The molecule has 0 radical (unpaired) electrons. The lowest BCUT2D eigenvalue weighted by molar-refractivity contribution is -0.141. The van der Waals surface area contributed by atoms with E-state index < -0.39 is 5.97 Å². The van der Waals surface area contributed by atoms with Crippen molar-refractivity contribution in [1.82, 2.24) is 4.90 Å². The highest BCUT2D eigenvalue weighted by molar-refractivity contribution is 6.05. The highest BCUT2D eigenvalue weighted by Gasteiger charge is 2.47. The number of likely N-dealkylation sites (tertiary alicyclic amines) is 1. The van der Waals surface area contributed by atoms with Crippen LogP contribution >= 0.6 is 0 Å². The summed E-state index contributed by atoms with van der Waals surface area (Å²) in [4.78, 5) is 49.1. The SMILES string of the molecule is CC(=O)c1ccc(OC(=O)CCN2C(=O)[C@@H]3CCCC[C@H]3C2=O)cc1. The Morgan fingerprint density at radius 2 is 1.60 bits per heavy atom. The summed E-state index contributed by atoms with van der Waals surface area (Å²) >= 11 is 0. The van der Waals surface area contributed by atoms with Crippen molar-refractivity contribution in [3.63, 3.8) is 0 Å². The van der Waals surface area contributed by atoms with Crippen LogP contribution in [0.2, 0.25) is 0 Å². The summed E-state index contributed by atoms with van der Waals surface area (Å²) in [6.07, 6.45) is 3.45. The molecule has 6 heteroatoms. The molecule has 1 aromatic carbocycles. The van der Waals surface area contributed by atoms with Crippen LogP contribution in [-0.4, -0.2) is 35.0 Å². The quantitative estimate of drug-likeness (QED) is 0.355. The molecular formula is C19H21NO5. The normalized spacial score (nSPS) is 22.7. The van der Waals surface area contributed by atoms with Crippen LogP contribution < -0.4 is 4.74 Å². The molecule has 1 saturated heterocycles. The Morgan fingerprint density at radius 1 is 1.04 bits per heavy atom. The summed E-state index contributed by atoms with van der Waals surface area (Å²) in [5.41, 5.74) is 0.538. The number of benzene rings is 1. The summed E-state index contributed by atoms with van der Waals surface area (Å²) in [5.74, 6) is -0.923. The maximum atomic E-state index is 12.3. The second kappa shape index (κ2) is 7.17. The van der Waals surface area contributed by atoms with Crippen molar-refractivity contribution in [1.29, 1.82) is 0 Å². The smallest absolute Gasteiger partial charge is 0.312 e. The van der Waals surface area contributed by atoms with Crippen molar-refractivity contribution < 1.29 is 23.9 Å². The minimum atomic E-state index is -0.508. The van der Waals surface area contributed by atoms with Gasteiger partial charge in [-0.3, -0.25) is 24.1 Å². The van der Waals surface area contributed by atoms with Gasteiger partial charge in [-0.1, -0.05) is 12.8 Å². The molecule has 1 heterocycles. The number of hydrogen-bond donors (Lipinski definition) is 0. The molecule has 2 fully saturated rings. The first-order chi connectivity index (χ1) is 12.0. The van der Waals surface area contributed by atoms with Gasteiger partial charge < -0.3 is 4.74 Å². The summed E-state index contributed by atoms with van der Waals surface area (Å²) in [5, 5.41) is 0. The van der Waals surface area contributed by atoms with Crippen molar-refractivity contribution in [2.75, 3.05) is 6.54 Å². The van der Waals surface area contributed by atoms with E-state index in [1.807, 2.05) is 0 Å². The van der Waals surface area contributed by atoms with Crippen LogP contribution in [0.4, 0.5) is 0 Å². The van der Waals surface area contributed by atoms with Gasteiger partial charge in [0.15, 0.2) is 5.78 Å². The standard InChI is InChI=1S/C19H21NO5/c1-12(21)13-6-8-14(9-7-13)25-17(22)10-11-20-18(23)15-4-2-3-5-16(15)19(20)24/h6-9,15-16H,2-5,10-11H2,1H3/t15-,16-/m1/s1. The molecule has 0 aromatic heterocycles. The number of carbonyl (C=O) groups excluding carboxylic acids is 4. The van der Waals surface area contributed by atoms with Crippen LogP contribution in [-0.2, 0) is 14.4 Å². The zero-order chi connectivity index (χ0) is 18.0.